The topological polar surface area (TPSA) is 107 Å². The highest BCUT2D eigenvalue weighted by molar-refractivity contribution is 6.07. The summed E-state index contributed by atoms with van der Waals surface area (Å²) < 4.78 is 21.2. The van der Waals surface area contributed by atoms with Crippen LogP contribution in [0.4, 0.5) is 10.5 Å². The predicted octanol–water partition coefficient (Wildman–Crippen LogP) is 2.99. The van der Waals surface area contributed by atoms with Crippen molar-refractivity contribution >= 4 is 17.6 Å². The van der Waals surface area contributed by atoms with Crippen LogP contribution >= 0.6 is 0 Å². The Labute approximate surface area is 180 Å². The number of methoxy groups -OCH3 is 4. The van der Waals surface area contributed by atoms with Gasteiger partial charge in [-0.1, -0.05) is 6.07 Å². The molecule has 1 aliphatic heterocycles. The van der Waals surface area contributed by atoms with Crippen LogP contribution in [-0.2, 0) is 4.79 Å². The van der Waals surface area contributed by atoms with Gasteiger partial charge in [0.15, 0.2) is 11.5 Å². The van der Waals surface area contributed by atoms with E-state index in [-0.39, 0.29) is 0 Å². The molecule has 2 aromatic carbocycles. The first-order chi connectivity index (χ1) is 14.9. The number of allylic oxidation sites excluding steroid dienone is 1. The number of anilines is 1. The molecular formula is C22H25N3O6. The highest BCUT2D eigenvalue weighted by atomic mass is 16.5. The van der Waals surface area contributed by atoms with Crippen LogP contribution in [0.2, 0.25) is 0 Å². The zero-order chi connectivity index (χ0) is 22.5. The lowest BCUT2D eigenvalue weighted by molar-refractivity contribution is -0.113. The minimum Gasteiger partial charge on any atom is -0.497 e. The van der Waals surface area contributed by atoms with Crippen molar-refractivity contribution in [3.05, 3.63) is 53.2 Å². The third-order valence-corrected chi connectivity index (χ3v) is 4.91. The summed E-state index contributed by atoms with van der Waals surface area (Å²) in [5, 5.41) is 8.31. The molecule has 164 valence electrons. The molecule has 2 aromatic rings. The normalized spacial score (nSPS) is 15.5. The average molecular weight is 427 g/mol. The van der Waals surface area contributed by atoms with Crippen LogP contribution in [0.15, 0.2) is 47.7 Å². The lowest BCUT2D eigenvalue weighted by Crippen LogP contribution is -2.46. The summed E-state index contributed by atoms with van der Waals surface area (Å²) in [6, 6.07) is 9.19. The van der Waals surface area contributed by atoms with Gasteiger partial charge in [0.05, 0.1) is 45.7 Å². The summed E-state index contributed by atoms with van der Waals surface area (Å²) in [5.74, 6) is 1.68. The van der Waals surface area contributed by atoms with Crippen molar-refractivity contribution in [2.45, 2.75) is 13.0 Å². The Morgan fingerprint density at radius 3 is 2.26 bits per heavy atom. The van der Waals surface area contributed by atoms with Gasteiger partial charge in [0, 0.05) is 11.8 Å². The molecule has 3 amide bonds. The van der Waals surface area contributed by atoms with Crippen molar-refractivity contribution in [3.63, 3.8) is 0 Å². The Kier molecular flexibility index (Phi) is 6.54. The van der Waals surface area contributed by atoms with E-state index in [1.54, 1.807) is 50.4 Å². The third-order valence-electron chi connectivity index (χ3n) is 4.91. The summed E-state index contributed by atoms with van der Waals surface area (Å²) in [6.45, 7) is 1.67. The number of carbonyl (C=O) groups is 2. The van der Waals surface area contributed by atoms with Crippen LogP contribution in [0.1, 0.15) is 18.5 Å². The van der Waals surface area contributed by atoms with Gasteiger partial charge in [0.25, 0.3) is 5.91 Å². The van der Waals surface area contributed by atoms with Crippen LogP contribution < -0.4 is 34.9 Å². The third kappa shape index (κ3) is 4.50. The number of rotatable bonds is 7. The Balaban J connectivity index is 1.98. The summed E-state index contributed by atoms with van der Waals surface area (Å²) in [5.41, 5.74) is 1.92. The van der Waals surface area contributed by atoms with Crippen molar-refractivity contribution in [1.29, 1.82) is 0 Å². The van der Waals surface area contributed by atoms with Crippen molar-refractivity contribution < 1.29 is 28.5 Å². The number of ether oxygens (including phenoxy) is 4. The molecule has 0 saturated heterocycles. The molecule has 0 aliphatic carbocycles. The van der Waals surface area contributed by atoms with Crippen LogP contribution in [-0.4, -0.2) is 40.4 Å². The smallest absolute Gasteiger partial charge is 0.319 e. The summed E-state index contributed by atoms with van der Waals surface area (Å²) >= 11 is 0. The van der Waals surface area contributed by atoms with E-state index in [1.165, 1.54) is 21.3 Å². The molecule has 9 nitrogen and oxygen atoms in total. The molecule has 1 unspecified atom stereocenters. The number of hydrogen-bond acceptors (Lipinski definition) is 6. The summed E-state index contributed by atoms with van der Waals surface area (Å²) in [6.07, 6.45) is 0. The van der Waals surface area contributed by atoms with Crippen LogP contribution in [0.25, 0.3) is 0 Å². The minimum absolute atomic E-state index is 0.352. The van der Waals surface area contributed by atoms with E-state index in [2.05, 4.69) is 16.0 Å². The van der Waals surface area contributed by atoms with Crippen LogP contribution in [0.5, 0.6) is 23.0 Å². The molecule has 0 fully saturated rings. The zero-order valence-corrected chi connectivity index (χ0v) is 18.0. The molecule has 3 rings (SSSR count). The second-order valence-electron chi connectivity index (χ2n) is 6.70. The second-order valence-corrected chi connectivity index (χ2v) is 6.70. The van der Waals surface area contributed by atoms with Gasteiger partial charge in [0.2, 0.25) is 0 Å². The van der Waals surface area contributed by atoms with E-state index in [9.17, 15) is 9.59 Å². The van der Waals surface area contributed by atoms with Gasteiger partial charge in [-0.25, -0.2) is 4.79 Å². The Bertz CT molecular complexity index is 1030. The largest absolute Gasteiger partial charge is 0.497 e. The van der Waals surface area contributed by atoms with Crippen molar-refractivity contribution in [2.24, 2.45) is 0 Å². The fourth-order valence-corrected chi connectivity index (χ4v) is 3.37. The predicted molar refractivity (Wildman–Crippen MR) is 115 cm³/mol. The highest BCUT2D eigenvalue weighted by Gasteiger charge is 2.32. The van der Waals surface area contributed by atoms with Gasteiger partial charge in [-0.3, -0.25) is 4.79 Å². The van der Waals surface area contributed by atoms with Crippen molar-refractivity contribution in [3.8, 4) is 23.0 Å². The first-order valence-corrected chi connectivity index (χ1v) is 9.45. The highest BCUT2D eigenvalue weighted by Crippen LogP contribution is 2.35. The fourth-order valence-electron chi connectivity index (χ4n) is 3.37. The lowest BCUT2D eigenvalue weighted by Gasteiger charge is -2.29. The van der Waals surface area contributed by atoms with Crippen LogP contribution in [0, 0.1) is 0 Å². The number of hydrogen-bond donors (Lipinski definition) is 3. The second kappa shape index (κ2) is 9.29. The van der Waals surface area contributed by atoms with E-state index in [1.807, 2.05) is 0 Å². The Morgan fingerprint density at radius 2 is 1.61 bits per heavy atom. The van der Waals surface area contributed by atoms with Gasteiger partial charge in [-0.2, -0.15) is 0 Å². The standard InChI is InChI=1S/C22H25N3O6/c1-12-19(21(26)24-15-8-7-14(28-2)11-17(15)30-4)20(25-22(27)23-12)13-6-9-16(29-3)18(10-13)31-5/h6-11,20H,1-5H3,(H,24,26)(H2,23,25,27). The van der Waals surface area contributed by atoms with Gasteiger partial charge in [-0.15, -0.1) is 0 Å². The van der Waals surface area contributed by atoms with Gasteiger partial charge < -0.3 is 34.9 Å². The molecule has 1 aliphatic rings. The van der Waals surface area contributed by atoms with Gasteiger partial charge in [-0.05, 0) is 36.8 Å². The molecule has 1 atom stereocenters. The average Bonchev–Trinajstić information content (AvgIpc) is 2.78. The van der Waals surface area contributed by atoms with E-state index < -0.39 is 18.0 Å². The maximum absolute atomic E-state index is 13.3. The molecule has 3 N–H and O–H groups in total. The lowest BCUT2D eigenvalue weighted by atomic mass is 9.94. The number of urea groups is 1. The molecule has 9 heteroatoms. The monoisotopic (exact) mass is 427 g/mol. The Morgan fingerprint density at radius 1 is 0.903 bits per heavy atom. The molecule has 0 saturated carbocycles. The molecular weight excluding hydrogens is 402 g/mol. The summed E-state index contributed by atoms with van der Waals surface area (Å²) in [4.78, 5) is 25.4. The zero-order valence-electron chi connectivity index (χ0n) is 18.0. The van der Waals surface area contributed by atoms with E-state index >= 15 is 0 Å². The van der Waals surface area contributed by atoms with Crippen molar-refractivity contribution in [1.82, 2.24) is 10.6 Å². The first-order valence-electron chi connectivity index (χ1n) is 9.45. The molecule has 0 spiro atoms. The van der Waals surface area contributed by atoms with E-state index in [0.717, 1.165) is 0 Å². The van der Waals surface area contributed by atoms with Crippen molar-refractivity contribution in [2.75, 3.05) is 33.8 Å². The van der Waals surface area contributed by atoms with E-state index in [4.69, 9.17) is 18.9 Å². The summed E-state index contributed by atoms with van der Waals surface area (Å²) in [7, 11) is 6.11. The quantitative estimate of drug-likeness (QED) is 0.627. The SMILES string of the molecule is COc1ccc(NC(=O)C2=C(C)NC(=O)NC2c2ccc(OC)c(OC)c2)c(OC)c1. The fraction of sp³-hybridized carbons (Fsp3) is 0.273. The molecule has 0 bridgehead atoms. The molecule has 31 heavy (non-hydrogen) atoms. The number of benzene rings is 2. The first kappa shape index (κ1) is 21.8. The maximum atomic E-state index is 13.3. The maximum Gasteiger partial charge on any atom is 0.319 e. The number of amides is 3. The molecule has 1 heterocycles. The number of carbonyl (C=O) groups excluding carboxylic acids is 2. The van der Waals surface area contributed by atoms with E-state index in [0.29, 0.717) is 45.5 Å². The Hall–Kier alpha value is -3.88. The molecule has 0 radical (unpaired) electrons. The molecule has 0 aromatic heterocycles. The minimum atomic E-state index is -0.696. The van der Waals surface area contributed by atoms with Gasteiger partial charge >= 0.3 is 6.03 Å². The number of nitrogens with one attached hydrogen (secondary N) is 3. The van der Waals surface area contributed by atoms with Gasteiger partial charge in [0.1, 0.15) is 11.5 Å². The van der Waals surface area contributed by atoms with Crippen LogP contribution in [0.3, 0.4) is 0 Å².